The van der Waals surface area contributed by atoms with Crippen LogP contribution in [0.4, 0.5) is 5.95 Å². The lowest BCUT2D eigenvalue weighted by molar-refractivity contribution is 0.129. The highest BCUT2D eigenvalue weighted by atomic mass is 32.2. The maximum atomic E-state index is 5.70. The van der Waals surface area contributed by atoms with Crippen molar-refractivity contribution in [1.29, 1.82) is 0 Å². The third-order valence-corrected chi connectivity index (χ3v) is 3.73. The monoisotopic (exact) mass is 278 g/mol. The third-order valence-electron chi connectivity index (χ3n) is 2.75. The summed E-state index contributed by atoms with van der Waals surface area (Å²) in [6, 6.07) is 1.80. The van der Waals surface area contributed by atoms with Crippen molar-refractivity contribution < 1.29 is 4.74 Å². The predicted octanol–water partition coefficient (Wildman–Crippen LogP) is 0.911. The fourth-order valence-electron chi connectivity index (χ4n) is 1.86. The molecule has 0 radical (unpaired) electrons. The molecule has 7 nitrogen and oxygen atoms in total. The number of thioether (sulfide) groups is 1. The minimum atomic E-state index is 0.204. The first-order valence-electron chi connectivity index (χ1n) is 6.07. The van der Waals surface area contributed by atoms with Crippen LogP contribution in [-0.2, 0) is 4.74 Å². The van der Waals surface area contributed by atoms with E-state index in [2.05, 4.69) is 20.1 Å². The number of anilines is 1. The minimum Gasteiger partial charge on any atom is -0.377 e. The fourth-order valence-corrected chi connectivity index (χ4v) is 2.76. The molecule has 1 saturated heterocycles. The molecule has 0 spiro atoms. The van der Waals surface area contributed by atoms with E-state index >= 15 is 0 Å². The molecule has 0 bridgehead atoms. The number of rotatable bonds is 4. The van der Waals surface area contributed by atoms with E-state index in [-0.39, 0.29) is 12.1 Å². The number of hydrogen-bond donors (Lipinski definition) is 1. The van der Waals surface area contributed by atoms with Gasteiger partial charge in [-0.15, -0.1) is 0 Å². The number of nitrogens with zero attached hydrogens (tertiary/aromatic N) is 5. The van der Waals surface area contributed by atoms with E-state index in [1.807, 2.05) is 0 Å². The lowest BCUT2D eigenvalue weighted by Gasteiger charge is -2.08. The van der Waals surface area contributed by atoms with Gasteiger partial charge in [0.1, 0.15) is 0 Å². The normalized spacial score (nSPS) is 18.8. The standard InChI is InChI=1S/C11H14N6OS/c12-9-14-10(17-5-2-4-13-17)16-11(15-9)19-7-8-3-1-6-18-8/h2,4-5,8H,1,3,6-7H2,(H2,12,14,15,16). The fraction of sp³-hybridized carbons (Fsp3) is 0.455. The van der Waals surface area contributed by atoms with E-state index in [0.717, 1.165) is 25.2 Å². The highest BCUT2D eigenvalue weighted by Crippen LogP contribution is 2.21. The summed E-state index contributed by atoms with van der Waals surface area (Å²) in [7, 11) is 0. The Morgan fingerprint density at radius 3 is 3.11 bits per heavy atom. The summed E-state index contributed by atoms with van der Waals surface area (Å²) in [5.74, 6) is 1.48. The van der Waals surface area contributed by atoms with Crippen LogP contribution in [0.2, 0.25) is 0 Å². The van der Waals surface area contributed by atoms with Crippen LogP contribution < -0.4 is 5.73 Å². The molecular weight excluding hydrogens is 264 g/mol. The highest BCUT2D eigenvalue weighted by Gasteiger charge is 2.17. The van der Waals surface area contributed by atoms with Crippen molar-refractivity contribution in [2.45, 2.75) is 24.1 Å². The van der Waals surface area contributed by atoms with Gasteiger partial charge in [-0.2, -0.15) is 20.1 Å². The zero-order chi connectivity index (χ0) is 13.1. The van der Waals surface area contributed by atoms with Crippen LogP contribution in [-0.4, -0.2) is 43.2 Å². The van der Waals surface area contributed by atoms with Gasteiger partial charge in [0.15, 0.2) is 5.16 Å². The smallest absolute Gasteiger partial charge is 0.256 e. The van der Waals surface area contributed by atoms with E-state index in [0.29, 0.717) is 11.1 Å². The largest absolute Gasteiger partial charge is 0.377 e. The van der Waals surface area contributed by atoms with Crippen LogP contribution in [0.1, 0.15) is 12.8 Å². The van der Waals surface area contributed by atoms with E-state index in [1.165, 1.54) is 11.8 Å². The quantitative estimate of drug-likeness (QED) is 0.831. The molecule has 1 aliphatic rings. The maximum Gasteiger partial charge on any atom is 0.256 e. The molecule has 2 N–H and O–H groups in total. The predicted molar refractivity (Wildman–Crippen MR) is 71.1 cm³/mol. The average Bonchev–Trinajstić information content (AvgIpc) is 3.09. The Labute approximate surface area is 114 Å². The van der Waals surface area contributed by atoms with Crippen LogP contribution in [0.15, 0.2) is 23.6 Å². The zero-order valence-corrected chi connectivity index (χ0v) is 11.1. The van der Waals surface area contributed by atoms with Crippen LogP contribution >= 0.6 is 11.8 Å². The van der Waals surface area contributed by atoms with Gasteiger partial charge in [-0.1, -0.05) is 11.8 Å². The maximum absolute atomic E-state index is 5.70. The molecule has 100 valence electrons. The summed E-state index contributed by atoms with van der Waals surface area (Å²) in [5, 5.41) is 4.69. The Balaban J connectivity index is 1.74. The molecule has 0 saturated carbocycles. The van der Waals surface area contributed by atoms with Crippen molar-refractivity contribution >= 4 is 17.7 Å². The van der Waals surface area contributed by atoms with Crippen molar-refractivity contribution in [2.24, 2.45) is 0 Å². The Bertz CT molecular complexity index is 540. The van der Waals surface area contributed by atoms with E-state index in [4.69, 9.17) is 10.5 Å². The molecule has 2 aromatic heterocycles. The molecule has 2 aromatic rings. The molecule has 8 heteroatoms. The number of aromatic nitrogens is 5. The molecule has 3 heterocycles. The second kappa shape index (κ2) is 5.54. The molecule has 1 unspecified atom stereocenters. The lowest BCUT2D eigenvalue weighted by atomic mass is 10.3. The molecule has 1 aliphatic heterocycles. The first-order chi connectivity index (χ1) is 9.31. The highest BCUT2D eigenvalue weighted by molar-refractivity contribution is 7.99. The molecule has 19 heavy (non-hydrogen) atoms. The molecule has 3 rings (SSSR count). The zero-order valence-electron chi connectivity index (χ0n) is 10.3. The SMILES string of the molecule is Nc1nc(SCC2CCCO2)nc(-n2cccn2)n1. The second-order valence-corrected chi connectivity index (χ2v) is 5.16. The van der Waals surface area contributed by atoms with Gasteiger partial charge < -0.3 is 10.5 Å². The third kappa shape index (κ3) is 3.02. The van der Waals surface area contributed by atoms with E-state index < -0.39 is 0 Å². The summed E-state index contributed by atoms with van der Waals surface area (Å²) < 4.78 is 7.13. The van der Waals surface area contributed by atoms with Crippen molar-refractivity contribution in [3.05, 3.63) is 18.5 Å². The Hall–Kier alpha value is -1.67. The van der Waals surface area contributed by atoms with Gasteiger partial charge >= 0.3 is 0 Å². The summed E-state index contributed by atoms with van der Waals surface area (Å²) in [5.41, 5.74) is 5.70. The summed E-state index contributed by atoms with van der Waals surface area (Å²) >= 11 is 1.53. The van der Waals surface area contributed by atoms with Gasteiger partial charge in [-0.3, -0.25) is 0 Å². The molecule has 1 fully saturated rings. The topological polar surface area (TPSA) is 91.7 Å². The Kier molecular flexibility index (Phi) is 3.60. The van der Waals surface area contributed by atoms with Crippen LogP contribution in [0.25, 0.3) is 5.95 Å². The molecule has 0 amide bonds. The first-order valence-corrected chi connectivity index (χ1v) is 7.06. The number of ether oxygens (including phenoxy) is 1. The summed E-state index contributed by atoms with van der Waals surface area (Å²) in [4.78, 5) is 12.5. The van der Waals surface area contributed by atoms with Crippen LogP contribution in [0, 0.1) is 0 Å². The van der Waals surface area contributed by atoms with Crippen molar-refractivity contribution in [2.75, 3.05) is 18.1 Å². The van der Waals surface area contributed by atoms with Crippen LogP contribution in [0.5, 0.6) is 0 Å². The van der Waals surface area contributed by atoms with E-state index in [9.17, 15) is 0 Å². The summed E-state index contributed by atoms with van der Waals surface area (Å²) in [6.45, 7) is 0.850. The molecular formula is C11H14N6OS. The van der Waals surface area contributed by atoms with E-state index in [1.54, 1.807) is 23.1 Å². The average molecular weight is 278 g/mol. The van der Waals surface area contributed by atoms with Crippen molar-refractivity contribution in [1.82, 2.24) is 24.7 Å². The van der Waals surface area contributed by atoms with Crippen molar-refractivity contribution in [3.8, 4) is 5.95 Å². The van der Waals surface area contributed by atoms with Crippen LogP contribution in [0.3, 0.4) is 0 Å². The summed E-state index contributed by atoms with van der Waals surface area (Å²) in [6.07, 6.45) is 5.95. The first kappa shape index (κ1) is 12.4. The van der Waals surface area contributed by atoms with Gasteiger partial charge in [-0.25, -0.2) is 4.68 Å². The van der Waals surface area contributed by atoms with Gasteiger partial charge in [0.2, 0.25) is 5.95 Å². The Morgan fingerprint density at radius 1 is 1.42 bits per heavy atom. The van der Waals surface area contributed by atoms with Gasteiger partial charge in [0.25, 0.3) is 5.95 Å². The minimum absolute atomic E-state index is 0.204. The molecule has 1 atom stereocenters. The lowest BCUT2D eigenvalue weighted by Crippen LogP contribution is -2.11. The van der Waals surface area contributed by atoms with Crippen molar-refractivity contribution in [3.63, 3.8) is 0 Å². The number of nitrogen functional groups attached to an aromatic ring is 1. The Morgan fingerprint density at radius 2 is 2.37 bits per heavy atom. The van der Waals surface area contributed by atoms with Gasteiger partial charge in [-0.05, 0) is 18.9 Å². The van der Waals surface area contributed by atoms with Gasteiger partial charge in [0, 0.05) is 24.8 Å². The molecule has 0 aromatic carbocycles. The second-order valence-electron chi connectivity index (χ2n) is 4.17. The number of hydrogen-bond acceptors (Lipinski definition) is 7. The number of nitrogens with two attached hydrogens (primary N) is 1. The van der Waals surface area contributed by atoms with Gasteiger partial charge in [0.05, 0.1) is 6.10 Å². The molecule has 0 aliphatic carbocycles.